The van der Waals surface area contributed by atoms with Gasteiger partial charge >= 0.3 is 0 Å². The van der Waals surface area contributed by atoms with Crippen molar-refractivity contribution in [2.24, 2.45) is 5.92 Å². The number of nitrogens with one attached hydrogen (secondary N) is 1. The summed E-state index contributed by atoms with van der Waals surface area (Å²) in [6, 6.07) is 1.59. The molecule has 1 unspecified atom stereocenters. The number of hydrogen-bond donors (Lipinski definition) is 2. The van der Waals surface area contributed by atoms with E-state index in [0.717, 1.165) is 6.07 Å². The topological polar surface area (TPSA) is 49.3 Å². The highest BCUT2D eigenvalue weighted by Gasteiger charge is 2.18. The van der Waals surface area contributed by atoms with Gasteiger partial charge < -0.3 is 10.4 Å². The number of hydrogen-bond acceptors (Lipinski definition) is 2. The quantitative estimate of drug-likeness (QED) is 0.795. The molecule has 0 saturated heterocycles. The van der Waals surface area contributed by atoms with Crippen LogP contribution >= 0.6 is 0 Å². The first kappa shape index (κ1) is 14.5. The van der Waals surface area contributed by atoms with Gasteiger partial charge in [-0.15, -0.1) is 0 Å². The number of amides is 1. The Morgan fingerprint density at radius 2 is 2.00 bits per heavy atom. The number of aliphatic hydroxyl groups excluding tert-OH is 1. The number of aliphatic hydroxyl groups is 1. The molecule has 0 aliphatic rings. The van der Waals surface area contributed by atoms with E-state index < -0.39 is 28.9 Å². The molecule has 0 aliphatic heterocycles. The summed E-state index contributed by atoms with van der Waals surface area (Å²) in [4.78, 5) is 11.5. The molecule has 0 heterocycles. The van der Waals surface area contributed by atoms with E-state index in [4.69, 9.17) is 5.11 Å². The van der Waals surface area contributed by atoms with E-state index in [-0.39, 0.29) is 19.1 Å². The summed E-state index contributed by atoms with van der Waals surface area (Å²) in [6.07, 6.45) is 0.487. The second kappa shape index (κ2) is 6.39. The fourth-order valence-electron chi connectivity index (χ4n) is 1.39. The zero-order chi connectivity index (χ0) is 13.7. The maximum atomic E-state index is 13.3. The van der Waals surface area contributed by atoms with Crippen LogP contribution in [0, 0.1) is 23.4 Å². The van der Waals surface area contributed by atoms with Crippen LogP contribution in [-0.4, -0.2) is 24.2 Å². The van der Waals surface area contributed by atoms with Gasteiger partial charge in [0.15, 0.2) is 17.5 Å². The smallest absolute Gasteiger partial charge is 0.254 e. The Hall–Kier alpha value is -1.56. The van der Waals surface area contributed by atoms with Crippen molar-refractivity contribution in [3.05, 3.63) is 35.1 Å². The molecule has 2 N–H and O–H groups in total. The van der Waals surface area contributed by atoms with Gasteiger partial charge in [-0.05, 0) is 24.5 Å². The molecule has 1 aromatic carbocycles. The summed E-state index contributed by atoms with van der Waals surface area (Å²) >= 11 is 0. The molecule has 1 aromatic rings. The summed E-state index contributed by atoms with van der Waals surface area (Å²) in [7, 11) is 0. The molecule has 6 heteroatoms. The van der Waals surface area contributed by atoms with Crippen LogP contribution < -0.4 is 5.32 Å². The Kier molecular flexibility index (Phi) is 5.15. The Morgan fingerprint density at radius 1 is 1.33 bits per heavy atom. The highest BCUT2D eigenvalue weighted by Crippen LogP contribution is 2.15. The Labute approximate surface area is 103 Å². The zero-order valence-corrected chi connectivity index (χ0v) is 9.84. The van der Waals surface area contributed by atoms with E-state index in [1.165, 1.54) is 0 Å². The minimum Gasteiger partial charge on any atom is -0.396 e. The van der Waals surface area contributed by atoms with Gasteiger partial charge in [0.05, 0.1) is 5.56 Å². The second-order valence-electron chi connectivity index (χ2n) is 4.05. The Balaban J connectivity index is 2.71. The van der Waals surface area contributed by atoms with Gasteiger partial charge in [-0.25, -0.2) is 13.2 Å². The average Bonchev–Trinajstić information content (AvgIpc) is 2.34. The zero-order valence-electron chi connectivity index (χ0n) is 9.84. The van der Waals surface area contributed by atoms with Gasteiger partial charge in [-0.3, -0.25) is 4.79 Å². The van der Waals surface area contributed by atoms with Crippen LogP contribution in [-0.2, 0) is 0 Å². The van der Waals surface area contributed by atoms with Crippen LogP contribution in [0.1, 0.15) is 23.7 Å². The van der Waals surface area contributed by atoms with E-state index in [2.05, 4.69) is 5.32 Å². The lowest BCUT2D eigenvalue weighted by atomic mass is 10.1. The van der Waals surface area contributed by atoms with E-state index in [0.29, 0.717) is 12.5 Å². The summed E-state index contributed by atoms with van der Waals surface area (Å²) in [5.41, 5.74) is -0.537. The highest BCUT2D eigenvalue weighted by atomic mass is 19.2. The normalized spacial score (nSPS) is 12.3. The van der Waals surface area contributed by atoms with E-state index in [1.54, 1.807) is 6.92 Å². The van der Waals surface area contributed by atoms with Crippen molar-refractivity contribution in [1.29, 1.82) is 0 Å². The fraction of sp³-hybridized carbons (Fsp3) is 0.417. The van der Waals surface area contributed by atoms with E-state index in [9.17, 15) is 18.0 Å². The third-order valence-electron chi connectivity index (χ3n) is 2.51. The van der Waals surface area contributed by atoms with Gasteiger partial charge in [0.1, 0.15) is 0 Å². The standard InChI is InChI=1S/C12H14F3NO2/c1-7(4-5-17)6-16-12(18)8-2-3-9(13)11(15)10(8)14/h2-3,7,17H,4-6H2,1H3,(H,16,18). The molecule has 0 saturated carbocycles. The van der Waals surface area contributed by atoms with Crippen molar-refractivity contribution in [1.82, 2.24) is 5.32 Å². The molecule has 1 atom stereocenters. The third kappa shape index (κ3) is 3.46. The summed E-state index contributed by atoms with van der Waals surface area (Å²) in [6.45, 7) is 1.99. The minimum absolute atomic E-state index is 0.00677. The third-order valence-corrected chi connectivity index (χ3v) is 2.51. The van der Waals surface area contributed by atoms with Gasteiger partial charge in [0.25, 0.3) is 5.91 Å². The molecule has 0 aromatic heterocycles. The molecule has 0 fully saturated rings. The van der Waals surface area contributed by atoms with Crippen LogP contribution in [0.3, 0.4) is 0 Å². The molecule has 3 nitrogen and oxygen atoms in total. The SMILES string of the molecule is CC(CCO)CNC(=O)c1ccc(F)c(F)c1F. The lowest BCUT2D eigenvalue weighted by Gasteiger charge is -2.11. The number of halogens is 3. The van der Waals surface area contributed by atoms with Crippen molar-refractivity contribution in [2.75, 3.05) is 13.2 Å². The minimum atomic E-state index is -1.66. The van der Waals surface area contributed by atoms with Crippen molar-refractivity contribution in [3.63, 3.8) is 0 Å². The monoisotopic (exact) mass is 261 g/mol. The molecular formula is C12H14F3NO2. The average molecular weight is 261 g/mol. The molecule has 0 aliphatic carbocycles. The predicted octanol–water partition coefficient (Wildman–Crippen LogP) is 1.85. The van der Waals surface area contributed by atoms with E-state index >= 15 is 0 Å². The van der Waals surface area contributed by atoms with Crippen LogP contribution in [0.4, 0.5) is 13.2 Å². The predicted molar refractivity (Wildman–Crippen MR) is 59.5 cm³/mol. The number of carbonyl (C=O) groups is 1. The summed E-state index contributed by atoms with van der Waals surface area (Å²) in [5.74, 6) is -5.30. The fourth-order valence-corrected chi connectivity index (χ4v) is 1.39. The molecule has 100 valence electrons. The molecule has 0 radical (unpaired) electrons. The van der Waals surface area contributed by atoms with Crippen molar-refractivity contribution in [2.45, 2.75) is 13.3 Å². The maximum absolute atomic E-state index is 13.3. The van der Waals surface area contributed by atoms with E-state index in [1.807, 2.05) is 0 Å². The molecule has 0 bridgehead atoms. The van der Waals surface area contributed by atoms with Crippen LogP contribution in [0.5, 0.6) is 0 Å². The van der Waals surface area contributed by atoms with Gasteiger partial charge in [-0.2, -0.15) is 0 Å². The molecule has 18 heavy (non-hydrogen) atoms. The van der Waals surface area contributed by atoms with Gasteiger partial charge in [0.2, 0.25) is 0 Å². The number of carbonyl (C=O) groups excluding carboxylic acids is 1. The molecule has 1 amide bonds. The van der Waals surface area contributed by atoms with Crippen LogP contribution in [0.15, 0.2) is 12.1 Å². The second-order valence-corrected chi connectivity index (χ2v) is 4.05. The Morgan fingerprint density at radius 3 is 2.61 bits per heavy atom. The molecule has 1 rings (SSSR count). The van der Waals surface area contributed by atoms with Gasteiger partial charge in [-0.1, -0.05) is 6.92 Å². The summed E-state index contributed by atoms with van der Waals surface area (Å²) in [5, 5.41) is 11.1. The molecule has 0 spiro atoms. The highest BCUT2D eigenvalue weighted by molar-refractivity contribution is 5.94. The first-order chi connectivity index (χ1) is 8.47. The van der Waals surface area contributed by atoms with Crippen LogP contribution in [0.2, 0.25) is 0 Å². The first-order valence-corrected chi connectivity index (χ1v) is 5.50. The first-order valence-electron chi connectivity index (χ1n) is 5.50. The Bertz CT molecular complexity index is 438. The lowest BCUT2D eigenvalue weighted by molar-refractivity contribution is 0.0940. The largest absolute Gasteiger partial charge is 0.396 e. The van der Waals surface area contributed by atoms with Crippen molar-refractivity contribution in [3.8, 4) is 0 Å². The molecular weight excluding hydrogens is 247 g/mol. The van der Waals surface area contributed by atoms with Gasteiger partial charge in [0, 0.05) is 13.2 Å². The number of rotatable bonds is 5. The maximum Gasteiger partial charge on any atom is 0.254 e. The van der Waals surface area contributed by atoms with Crippen LogP contribution in [0.25, 0.3) is 0 Å². The lowest BCUT2D eigenvalue weighted by Crippen LogP contribution is -2.29. The number of benzene rings is 1. The van der Waals surface area contributed by atoms with Crippen molar-refractivity contribution < 1.29 is 23.1 Å². The summed E-state index contributed by atoms with van der Waals surface area (Å²) < 4.78 is 38.8. The van der Waals surface area contributed by atoms with Crippen molar-refractivity contribution >= 4 is 5.91 Å².